The molecule has 0 radical (unpaired) electrons. The number of hydrogen-bond donors (Lipinski definition) is 2. The van der Waals surface area contributed by atoms with Gasteiger partial charge in [0.1, 0.15) is 5.60 Å². The summed E-state index contributed by atoms with van der Waals surface area (Å²) in [7, 11) is 0. The summed E-state index contributed by atoms with van der Waals surface area (Å²) in [5, 5.41) is 6.45. The van der Waals surface area contributed by atoms with Crippen LogP contribution in [0.2, 0.25) is 0 Å². The number of amides is 1. The van der Waals surface area contributed by atoms with Gasteiger partial charge in [0.2, 0.25) is 0 Å². The molecule has 0 unspecified atom stereocenters. The second-order valence-corrected chi connectivity index (χ2v) is 7.50. The van der Waals surface area contributed by atoms with Crippen LogP contribution in [0.25, 0.3) is 0 Å². The molecule has 0 spiro atoms. The molecular formula is C21H37N5O3. The predicted octanol–water partition coefficient (Wildman–Crippen LogP) is 2.80. The Labute approximate surface area is 175 Å². The molecule has 0 aliphatic rings. The van der Waals surface area contributed by atoms with Gasteiger partial charge in [0, 0.05) is 45.2 Å². The third-order valence-corrected chi connectivity index (χ3v) is 3.69. The molecule has 0 atom stereocenters. The van der Waals surface area contributed by atoms with Gasteiger partial charge in [-0.1, -0.05) is 6.07 Å². The summed E-state index contributed by atoms with van der Waals surface area (Å²) in [6, 6.07) is 3.82. The lowest BCUT2D eigenvalue weighted by Crippen LogP contribution is -2.39. The van der Waals surface area contributed by atoms with E-state index in [9.17, 15) is 4.79 Å². The van der Waals surface area contributed by atoms with Crippen molar-refractivity contribution in [2.24, 2.45) is 4.99 Å². The molecule has 1 aromatic rings. The van der Waals surface area contributed by atoms with Gasteiger partial charge in [0.25, 0.3) is 0 Å². The Morgan fingerprint density at radius 3 is 2.69 bits per heavy atom. The third kappa shape index (κ3) is 11.9. The van der Waals surface area contributed by atoms with Crippen molar-refractivity contribution in [2.75, 3.05) is 39.4 Å². The molecule has 29 heavy (non-hydrogen) atoms. The number of hydrogen-bond acceptors (Lipinski definition) is 5. The zero-order chi connectivity index (χ0) is 21.5. The summed E-state index contributed by atoms with van der Waals surface area (Å²) >= 11 is 0. The Morgan fingerprint density at radius 1 is 1.28 bits per heavy atom. The first kappa shape index (κ1) is 24.7. The van der Waals surface area contributed by atoms with Crippen molar-refractivity contribution in [1.82, 2.24) is 20.5 Å². The molecule has 1 amide bonds. The Morgan fingerprint density at radius 2 is 2.07 bits per heavy atom. The second kappa shape index (κ2) is 13.8. The van der Waals surface area contributed by atoms with Crippen molar-refractivity contribution in [3.05, 3.63) is 30.1 Å². The summed E-state index contributed by atoms with van der Waals surface area (Å²) < 4.78 is 10.9. The van der Waals surface area contributed by atoms with Gasteiger partial charge in [-0.05, 0) is 52.7 Å². The molecule has 0 saturated heterocycles. The van der Waals surface area contributed by atoms with Gasteiger partial charge in [0.05, 0.1) is 13.2 Å². The van der Waals surface area contributed by atoms with Crippen LogP contribution in [0.5, 0.6) is 0 Å². The number of rotatable bonds is 11. The minimum atomic E-state index is -0.537. The van der Waals surface area contributed by atoms with Crippen molar-refractivity contribution in [3.8, 4) is 0 Å². The zero-order valence-corrected chi connectivity index (χ0v) is 18.5. The number of pyridine rings is 1. The van der Waals surface area contributed by atoms with Crippen molar-refractivity contribution in [2.45, 2.75) is 53.2 Å². The SMILES string of the molecule is CCNC(=NCCCN(Cc1cccnc1)C(=O)OC(C)(C)C)NCCOCC. The number of carbonyl (C=O) groups excluding carboxylic acids is 1. The number of aromatic nitrogens is 1. The van der Waals surface area contributed by atoms with Crippen LogP contribution in [0.4, 0.5) is 4.79 Å². The number of ether oxygens (including phenoxy) is 2. The molecular weight excluding hydrogens is 370 g/mol. The smallest absolute Gasteiger partial charge is 0.410 e. The molecule has 1 heterocycles. The van der Waals surface area contributed by atoms with Gasteiger partial charge in [-0.3, -0.25) is 9.98 Å². The van der Waals surface area contributed by atoms with Crippen LogP contribution in [0.3, 0.4) is 0 Å². The van der Waals surface area contributed by atoms with Gasteiger partial charge in [-0.15, -0.1) is 0 Å². The van der Waals surface area contributed by atoms with E-state index in [0.29, 0.717) is 39.4 Å². The molecule has 1 aromatic heterocycles. The van der Waals surface area contributed by atoms with E-state index in [4.69, 9.17) is 9.47 Å². The van der Waals surface area contributed by atoms with Crippen LogP contribution in [-0.2, 0) is 16.0 Å². The van der Waals surface area contributed by atoms with E-state index in [0.717, 1.165) is 24.5 Å². The highest BCUT2D eigenvalue weighted by molar-refractivity contribution is 5.79. The molecule has 2 N–H and O–H groups in total. The van der Waals surface area contributed by atoms with Gasteiger partial charge in [-0.2, -0.15) is 0 Å². The maximum atomic E-state index is 12.6. The number of aliphatic imine (C=N–C) groups is 1. The largest absolute Gasteiger partial charge is 0.444 e. The highest BCUT2D eigenvalue weighted by Crippen LogP contribution is 2.13. The van der Waals surface area contributed by atoms with Crippen molar-refractivity contribution >= 4 is 12.1 Å². The molecule has 0 aliphatic heterocycles. The second-order valence-electron chi connectivity index (χ2n) is 7.50. The number of carbonyl (C=O) groups is 1. The Kier molecular flexibility index (Phi) is 11.7. The lowest BCUT2D eigenvalue weighted by molar-refractivity contribution is 0.0232. The maximum Gasteiger partial charge on any atom is 0.410 e. The average molecular weight is 408 g/mol. The zero-order valence-electron chi connectivity index (χ0n) is 18.5. The van der Waals surface area contributed by atoms with Gasteiger partial charge < -0.3 is 25.0 Å². The molecule has 0 aromatic carbocycles. The van der Waals surface area contributed by atoms with E-state index >= 15 is 0 Å². The van der Waals surface area contributed by atoms with Gasteiger partial charge in [-0.25, -0.2) is 4.79 Å². The molecule has 8 heteroatoms. The average Bonchev–Trinajstić information content (AvgIpc) is 2.66. The molecule has 164 valence electrons. The topological polar surface area (TPSA) is 88.1 Å². The first-order valence-electron chi connectivity index (χ1n) is 10.3. The van der Waals surface area contributed by atoms with Crippen LogP contribution in [0.15, 0.2) is 29.5 Å². The van der Waals surface area contributed by atoms with Crippen LogP contribution < -0.4 is 10.6 Å². The monoisotopic (exact) mass is 407 g/mol. The summed E-state index contributed by atoms with van der Waals surface area (Å²) in [6.45, 7) is 14.0. The van der Waals surface area contributed by atoms with E-state index < -0.39 is 5.60 Å². The van der Waals surface area contributed by atoms with E-state index in [1.165, 1.54) is 0 Å². The first-order valence-corrected chi connectivity index (χ1v) is 10.3. The van der Waals surface area contributed by atoms with Crippen molar-refractivity contribution in [1.29, 1.82) is 0 Å². The summed E-state index contributed by atoms with van der Waals surface area (Å²) in [5.74, 6) is 0.753. The molecule has 8 nitrogen and oxygen atoms in total. The van der Waals surface area contributed by atoms with E-state index in [-0.39, 0.29) is 6.09 Å². The highest BCUT2D eigenvalue weighted by Gasteiger charge is 2.22. The number of nitrogens with one attached hydrogen (secondary N) is 2. The predicted molar refractivity (Wildman–Crippen MR) is 116 cm³/mol. The standard InChI is InChI=1S/C21H37N5O3/c1-6-23-19(25-13-15-28-7-2)24-12-9-14-26(20(27)29-21(3,4)5)17-18-10-8-11-22-16-18/h8,10-11,16H,6-7,9,12-15,17H2,1-5H3,(H2,23,24,25). The molecule has 0 saturated carbocycles. The lowest BCUT2D eigenvalue weighted by Gasteiger charge is -2.27. The fraction of sp³-hybridized carbons (Fsp3) is 0.667. The number of guanidine groups is 1. The van der Waals surface area contributed by atoms with Crippen molar-refractivity contribution in [3.63, 3.8) is 0 Å². The minimum absolute atomic E-state index is 0.327. The lowest BCUT2D eigenvalue weighted by atomic mass is 10.2. The molecule has 1 rings (SSSR count). The van der Waals surface area contributed by atoms with Gasteiger partial charge >= 0.3 is 6.09 Å². The van der Waals surface area contributed by atoms with Crippen LogP contribution in [0, 0.1) is 0 Å². The Hall–Kier alpha value is -2.35. The summed E-state index contributed by atoms with van der Waals surface area (Å²) in [5.41, 5.74) is 0.429. The minimum Gasteiger partial charge on any atom is -0.444 e. The third-order valence-electron chi connectivity index (χ3n) is 3.69. The van der Waals surface area contributed by atoms with Crippen LogP contribution in [-0.4, -0.2) is 66.9 Å². The maximum absolute atomic E-state index is 12.6. The molecule has 0 fully saturated rings. The number of nitrogens with zero attached hydrogens (tertiary/aromatic N) is 3. The van der Waals surface area contributed by atoms with Crippen molar-refractivity contribution < 1.29 is 14.3 Å². The Balaban J connectivity index is 2.61. The molecule has 0 aliphatic carbocycles. The van der Waals surface area contributed by atoms with E-state index in [1.54, 1.807) is 17.3 Å². The molecule has 0 bridgehead atoms. The fourth-order valence-electron chi connectivity index (χ4n) is 2.45. The van der Waals surface area contributed by atoms with Gasteiger partial charge in [0.15, 0.2) is 5.96 Å². The quantitative estimate of drug-likeness (QED) is 0.333. The Bertz CT molecular complexity index is 602. The first-order chi connectivity index (χ1) is 13.9. The normalized spacial score (nSPS) is 11.8. The highest BCUT2D eigenvalue weighted by atomic mass is 16.6. The summed E-state index contributed by atoms with van der Waals surface area (Å²) in [6.07, 6.45) is 3.88. The van der Waals surface area contributed by atoms with E-state index in [1.807, 2.05) is 46.8 Å². The van der Waals surface area contributed by atoms with Crippen LogP contribution >= 0.6 is 0 Å². The summed E-state index contributed by atoms with van der Waals surface area (Å²) in [4.78, 5) is 23.0. The van der Waals surface area contributed by atoms with Crippen LogP contribution in [0.1, 0.15) is 46.6 Å². The van der Waals surface area contributed by atoms with E-state index in [2.05, 4.69) is 20.6 Å². The fourth-order valence-corrected chi connectivity index (χ4v) is 2.45.